The lowest BCUT2D eigenvalue weighted by Gasteiger charge is -2.24. The van der Waals surface area contributed by atoms with Crippen LogP contribution < -0.4 is 14.5 Å². The standard InChI is InChI=1S/C23H20N2O3S/c1-15-6-5-9-17(12-15)25-19(16-7-3-2-4-8-16)13-18(24-25)23-22-21(20(14-26)29-23)27-10-11-28-22/h2-9,12,14,19H,10-11,13H2,1H3. The van der Waals surface area contributed by atoms with Crippen LogP contribution in [0.4, 0.5) is 5.69 Å². The van der Waals surface area contributed by atoms with Crippen molar-refractivity contribution in [3.8, 4) is 11.5 Å². The zero-order valence-electron chi connectivity index (χ0n) is 16.0. The molecule has 5 rings (SSSR count). The number of anilines is 1. The molecule has 2 aromatic carbocycles. The molecule has 1 unspecified atom stereocenters. The van der Waals surface area contributed by atoms with Crippen molar-refractivity contribution in [2.45, 2.75) is 19.4 Å². The largest absolute Gasteiger partial charge is 0.485 e. The van der Waals surface area contributed by atoms with Crippen LogP contribution in [-0.2, 0) is 0 Å². The molecule has 0 N–H and O–H groups in total. The molecule has 2 aliphatic rings. The zero-order chi connectivity index (χ0) is 19.8. The smallest absolute Gasteiger partial charge is 0.183 e. The van der Waals surface area contributed by atoms with Gasteiger partial charge in [0.05, 0.1) is 22.3 Å². The number of carbonyl (C=O) groups is 1. The molecule has 0 fully saturated rings. The molecule has 0 spiro atoms. The minimum absolute atomic E-state index is 0.0786. The summed E-state index contributed by atoms with van der Waals surface area (Å²) in [5, 5.41) is 7.07. The van der Waals surface area contributed by atoms with Gasteiger partial charge in [0, 0.05) is 6.42 Å². The lowest BCUT2D eigenvalue weighted by Crippen LogP contribution is -2.18. The Balaban J connectivity index is 1.60. The third-order valence-corrected chi connectivity index (χ3v) is 6.28. The Kier molecular flexibility index (Phi) is 4.56. The Hall–Kier alpha value is -3.12. The van der Waals surface area contributed by atoms with Crippen LogP contribution in [0.3, 0.4) is 0 Å². The second-order valence-corrected chi connectivity index (χ2v) is 8.18. The second-order valence-electron chi connectivity index (χ2n) is 7.13. The first-order chi connectivity index (χ1) is 14.2. The van der Waals surface area contributed by atoms with Crippen LogP contribution in [0.2, 0.25) is 0 Å². The average Bonchev–Trinajstić information content (AvgIpc) is 3.36. The van der Waals surface area contributed by atoms with Crippen LogP contribution >= 0.6 is 11.3 Å². The Morgan fingerprint density at radius 1 is 1.07 bits per heavy atom. The van der Waals surface area contributed by atoms with Gasteiger partial charge >= 0.3 is 0 Å². The molecule has 0 bridgehead atoms. The van der Waals surface area contributed by atoms with Crippen molar-refractivity contribution in [1.82, 2.24) is 0 Å². The zero-order valence-corrected chi connectivity index (χ0v) is 16.8. The molecule has 0 amide bonds. The first-order valence-electron chi connectivity index (χ1n) is 9.61. The third-order valence-electron chi connectivity index (χ3n) is 5.15. The molecule has 0 aliphatic carbocycles. The van der Waals surface area contributed by atoms with Crippen LogP contribution in [-0.4, -0.2) is 25.2 Å². The molecule has 3 aromatic rings. The van der Waals surface area contributed by atoms with E-state index in [1.54, 1.807) is 0 Å². The fourth-order valence-corrected chi connectivity index (χ4v) is 4.83. The molecule has 0 saturated heterocycles. The molecule has 1 atom stereocenters. The molecular formula is C23H20N2O3S. The number of rotatable bonds is 4. The highest BCUT2D eigenvalue weighted by Crippen LogP contribution is 2.47. The van der Waals surface area contributed by atoms with Crippen molar-refractivity contribution in [3.63, 3.8) is 0 Å². The van der Waals surface area contributed by atoms with Gasteiger partial charge in [-0.3, -0.25) is 9.80 Å². The summed E-state index contributed by atoms with van der Waals surface area (Å²) in [7, 11) is 0. The Bertz CT molecular complexity index is 1090. The Morgan fingerprint density at radius 3 is 2.62 bits per heavy atom. The number of hydrogen-bond acceptors (Lipinski definition) is 6. The van der Waals surface area contributed by atoms with Crippen LogP contribution in [0.1, 0.15) is 38.1 Å². The van der Waals surface area contributed by atoms with E-state index in [9.17, 15) is 4.79 Å². The summed E-state index contributed by atoms with van der Waals surface area (Å²) < 4.78 is 11.6. The number of thiophene rings is 1. The van der Waals surface area contributed by atoms with E-state index in [1.165, 1.54) is 22.5 Å². The van der Waals surface area contributed by atoms with Crippen LogP contribution in [0.5, 0.6) is 11.5 Å². The number of aryl methyl sites for hydroxylation is 1. The molecule has 29 heavy (non-hydrogen) atoms. The summed E-state index contributed by atoms with van der Waals surface area (Å²) in [4.78, 5) is 13.0. The highest BCUT2D eigenvalue weighted by atomic mass is 32.1. The molecular weight excluding hydrogens is 384 g/mol. The van der Waals surface area contributed by atoms with E-state index in [-0.39, 0.29) is 6.04 Å². The van der Waals surface area contributed by atoms with Crippen molar-refractivity contribution < 1.29 is 14.3 Å². The minimum Gasteiger partial charge on any atom is -0.485 e. The number of hydrogen-bond donors (Lipinski definition) is 0. The van der Waals surface area contributed by atoms with E-state index in [0.717, 1.165) is 29.0 Å². The number of aldehydes is 1. The SMILES string of the molecule is Cc1cccc(N2N=C(c3sc(C=O)c4c3OCCO4)CC2c2ccccc2)c1. The predicted molar refractivity (Wildman–Crippen MR) is 115 cm³/mol. The molecule has 0 radical (unpaired) electrons. The lowest BCUT2D eigenvalue weighted by molar-refractivity contribution is 0.111. The van der Waals surface area contributed by atoms with E-state index in [2.05, 4.69) is 60.5 Å². The second kappa shape index (κ2) is 7.37. The average molecular weight is 404 g/mol. The van der Waals surface area contributed by atoms with Gasteiger partial charge in [0.2, 0.25) is 0 Å². The van der Waals surface area contributed by atoms with E-state index >= 15 is 0 Å². The number of benzene rings is 2. The van der Waals surface area contributed by atoms with E-state index in [1.807, 2.05) is 6.07 Å². The highest BCUT2D eigenvalue weighted by molar-refractivity contribution is 7.16. The minimum atomic E-state index is 0.0786. The fourth-order valence-electron chi connectivity index (χ4n) is 3.83. The maximum atomic E-state index is 11.5. The van der Waals surface area contributed by atoms with E-state index < -0.39 is 0 Å². The summed E-state index contributed by atoms with van der Waals surface area (Å²) >= 11 is 1.39. The molecule has 146 valence electrons. The normalized spacial score (nSPS) is 17.9. The van der Waals surface area contributed by atoms with E-state index in [4.69, 9.17) is 14.6 Å². The summed E-state index contributed by atoms with van der Waals surface area (Å²) in [5.74, 6) is 1.21. The number of carbonyl (C=O) groups excluding carboxylic acids is 1. The lowest BCUT2D eigenvalue weighted by atomic mass is 10.0. The monoisotopic (exact) mass is 404 g/mol. The molecule has 2 aliphatic heterocycles. The summed E-state index contributed by atoms with van der Waals surface area (Å²) in [6.45, 7) is 3.02. The van der Waals surface area contributed by atoms with Gasteiger partial charge in [-0.1, -0.05) is 42.5 Å². The van der Waals surface area contributed by atoms with Crippen molar-refractivity contribution in [2.75, 3.05) is 18.2 Å². The summed E-state index contributed by atoms with van der Waals surface area (Å²) in [6.07, 6.45) is 1.57. The van der Waals surface area contributed by atoms with Gasteiger partial charge in [-0.2, -0.15) is 5.10 Å². The molecule has 1 aromatic heterocycles. The first-order valence-corrected chi connectivity index (χ1v) is 10.4. The van der Waals surface area contributed by atoms with Crippen molar-refractivity contribution in [3.05, 3.63) is 75.5 Å². The third kappa shape index (κ3) is 3.19. The van der Waals surface area contributed by atoms with Gasteiger partial charge < -0.3 is 9.47 Å². The molecule has 0 saturated carbocycles. The Labute approximate surface area is 173 Å². The number of fused-ring (bicyclic) bond motifs is 1. The van der Waals surface area contributed by atoms with Gasteiger partial charge in [0.25, 0.3) is 0 Å². The van der Waals surface area contributed by atoms with Crippen LogP contribution in [0.25, 0.3) is 0 Å². The van der Waals surface area contributed by atoms with Crippen LogP contribution in [0.15, 0.2) is 59.7 Å². The maximum Gasteiger partial charge on any atom is 0.183 e. The van der Waals surface area contributed by atoms with Crippen molar-refractivity contribution in [1.29, 1.82) is 0 Å². The maximum absolute atomic E-state index is 11.5. The van der Waals surface area contributed by atoms with Crippen LogP contribution in [0, 0.1) is 6.92 Å². The quantitative estimate of drug-likeness (QED) is 0.575. The van der Waals surface area contributed by atoms with Gasteiger partial charge in [0.1, 0.15) is 18.1 Å². The topological polar surface area (TPSA) is 51.1 Å². The fraction of sp³-hybridized carbons (Fsp3) is 0.217. The predicted octanol–water partition coefficient (Wildman–Crippen LogP) is 5.00. The summed E-state index contributed by atoms with van der Waals surface area (Å²) in [6, 6.07) is 18.8. The molecule has 5 nitrogen and oxygen atoms in total. The number of ether oxygens (including phenoxy) is 2. The molecule has 6 heteroatoms. The van der Waals surface area contributed by atoms with Crippen molar-refractivity contribution >= 4 is 29.0 Å². The molecule has 3 heterocycles. The first kappa shape index (κ1) is 17.9. The van der Waals surface area contributed by atoms with Gasteiger partial charge in [-0.15, -0.1) is 11.3 Å². The highest BCUT2D eigenvalue weighted by Gasteiger charge is 2.35. The summed E-state index contributed by atoms with van der Waals surface area (Å²) in [5.41, 5.74) is 4.35. The van der Waals surface area contributed by atoms with Crippen molar-refractivity contribution in [2.24, 2.45) is 5.10 Å². The van der Waals surface area contributed by atoms with E-state index in [0.29, 0.717) is 29.6 Å². The Morgan fingerprint density at radius 2 is 1.86 bits per heavy atom. The van der Waals surface area contributed by atoms with Gasteiger partial charge in [-0.05, 0) is 30.2 Å². The number of hydrazone groups is 1. The van der Waals surface area contributed by atoms with Gasteiger partial charge in [-0.25, -0.2) is 0 Å². The van der Waals surface area contributed by atoms with Gasteiger partial charge in [0.15, 0.2) is 17.8 Å². The number of nitrogens with zero attached hydrogens (tertiary/aromatic N) is 2.